The molecule has 0 radical (unpaired) electrons. The van der Waals surface area contributed by atoms with Crippen LogP contribution in [0.1, 0.15) is 24.0 Å². The molecule has 7 heteroatoms. The third-order valence-corrected chi connectivity index (χ3v) is 4.86. The molecule has 3 rings (SSSR count). The summed E-state index contributed by atoms with van der Waals surface area (Å²) in [6.07, 6.45) is 1.84. The minimum absolute atomic E-state index is 0.216. The monoisotopic (exact) mass is 418 g/mol. The van der Waals surface area contributed by atoms with Crippen LogP contribution in [-0.2, 0) is 0 Å². The molecule has 1 heterocycles. The molecule has 0 spiro atoms. The van der Waals surface area contributed by atoms with Crippen LogP contribution in [0.3, 0.4) is 0 Å². The van der Waals surface area contributed by atoms with E-state index < -0.39 is 5.92 Å². The van der Waals surface area contributed by atoms with E-state index in [0.29, 0.717) is 22.6 Å². The predicted molar refractivity (Wildman–Crippen MR) is 104 cm³/mol. The summed E-state index contributed by atoms with van der Waals surface area (Å²) >= 11 is 3.49. The molecule has 0 unspecified atom stereocenters. The number of methoxy groups -OCH3 is 1. The number of ether oxygens (including phenoxy) is 2. The second kappa shape index (κ2) is 7.78. The van der Waals surface area contributed by atoms with Crippen LogP contribution >= 0.6 is 15.9 Å². The Kier molecular flexibility index (Phi) is 5.46. The van der Waals surface area contributed by atoms with Crippen molar-refractivity contribution in [3.63, 3.8) is 0 Å². The van der Waals surface area contributed by atoms with Gasteiger partial charge in [0.1, 0.15) is 0 Å². The summed E-state index contributed by atoms with van der Waals surface area (Å²) in [5, 5.41) is 12.3. The third-order valence-electron chi connectivity index (χ3n) is 4.27. The minimum Gasteiger partial charge on any atom is -0.492 e. The molecule has 2 aromatic carbocycles. The first kappa shape index (κ1) is 18.3. The van der Waals surface area contributed by atoms with Crippen molar-refractivity contribution in [3.8, 4) is 11.5 Å². The van der Waals surface area contributed by atoms with Crippen molar-refractivity contribution in [3.05, 3.63) is 68.3 Å². The zero-order chi connectivity index (χ0) is 18.7. The summed E-state index contributed by atoms with van der Waals surface area (Å²) in [6.45, 7) is 2.14. The molecule has 136 valence electrons. The van der Waals surface area contributed by atoms with Gasteiger partial charge in [-0.15, -0.1) is 0 Å². The highest BCUT2D eigenvalue weighted by Gasteiger charge is 2.25. The lowest BCUT2D eigenvalue weighted by Gasteiger charge is -2.17. The van der Waals surface area contributed by atoms with Crippen molar-refractivity contribution >= 4 is 26.8 Å². The van der Waals surface area contributed by atoms with Gasteiger partial charge in [-0.05, 0) is 52.2 Å². The van der Waals surface area contributed by atoms with E-state index in [1.807, 2.05) is 49.5 Å². The molecule has 1 atom stereocenters. The SMILES string of the molecule is CCOc1cc([C@@H](C[N+](=O)[O-])c2c[nH]c3ccccc23)cc(Br)c1OC. The number of nitro groups is 1. The summed E-state index contributed by atoms with van der Waals surface area (Å²) in [5.74, 6) is 0.726. The number of para-hydroxylation sites is 1. The second-order valence-corrected chi connectivity index (χ2v) is 6.68. The lowest BCUT2D eigenvalue weighted by atomic mass is 9.90. The van der Waals surface area contributed by atoms with E-state index in [-0.39, 0.29) is 11.5 Å². The van der Waals surface area contributed by atoms with Gasteiger partial charge in [0.25, 0.3) is 0 Å². The van der Waals surface area contributed by atoms with Crippen molar-refractivity contribution in [2.45, 2.75) is 12.8 Å². The molecule has 0 aliphatic rings. The van der Waals surface area contributed by atoms with E-state index >= 15 is 0 Å². The maximum absolute atomic E-state index is 11.4. The second-order valence-electron chi connectivity index (χ2n) is 5.82. The Bertz CT molecular complexity index is 938. The van der Waals surface area contributed by atoms with Crippen molar-refractivity contribution < 1.29 is 14.4 Å². The summed E-state index contributed by atoms with van der Waals surface area (Å²) in [5.41, 5.74) is 2.63. The smallest absolute Gasteiger partial charge is 0.214 e. The summed E-state index contributed by atoms with van der Waals surface area (Å²) in [4.78, 5) is 14.3. The number of nitrogens with zero attached hydrogens (tertiary/aromatic N) is 1. The van der Waals surface area contributed by atoms with E-state index in [1.54, 1.807) is 7.11 Å². The maximum atomic E-state index is 11.4. The molecule has 0 aliphatic heterocycles. The maximum Gasteiger partial charge on any atom is 0.214 e. The Hall–Kier alpha value is -2.54. The summed E-state index contributed by atoms with van der Waals surface area (Å²) in [7, 11) is 1.57. The molecule has 0 fully saturated rings. The first-order valence-corrected chi connectivity index (χ1v) is 9.02. The topological polar surface area (TPSA) is 77.4 Å². The number of H-pyrrole nitrogens is 1. The number of aromatic nitrogens is 1. The lowest BCUT2D eigenvalue weighted by molar-refractivity contribution is -0.481. The van der Waals surface area contributed by atoms with E-state index in [9.17, 15) is 10.1 Å². The van der Waals surface area contributed by atoms with Crippen LogP contribution in [0.15, 0.2) is 47.1 Å². The van der Waals surface area contributed by atoms with Gasteiger partial charge in [0.05, 0.1) is 24.1 Å². The molecule has 0 bridgehead atoms. The van der Waals surface area contributed by atoms with Gasteiger partial charge in [0, 0.05) is 22.0 Å². The largest absolute Gasteiger partial charge is 0.492 e. The van der Waals surface area contributed by atoms with E-state index in [0.717, 1.165) is 22.0 Å². The third kappa shape index (κ3) is 3.53. The first-order valence-electron chi connectivity index (χ1n) is 8.23. The number of halogens is 1. The molecule has 6 nitrogen and oxygen atoms in total. The van der Waals surface area contributed by atoms with E-state index in [4.69, 9.17) is 9.47 Å². The van der Waals surface area contributed by atoms with Crippen molar-refractivity contribution in [2.24, 2.45) is 0 Å². The van der Waals surface area contributed by atoms with Crippen molar-refractivity contribution in [2.75, 3.05) is 20.3 Å². The van der Waals surface area contributed by atoms with E-state index in [1.165, 1.54) is 0 Å². The zero-order valence-corrected chi connectivity index (χ0v) is 16.1. The van der Waals surface area contributed by atoms with Crippen LogP contribution < -0.4 is 9.47 Å². The Balaban J connectivity index is 2.16. The Labute approximate surface area is 159 Å². The van der Waals surface area contributed by atoms with Gasteiger partial charge in [0.15, 0.2) is 11.5 Å². The zero-order valence-electron chi connectivity index (χ0n) is 14.5. The summed E-state index contributed by atoms with van der Waals surface area (Å²) < 4.78 is 11.8. The number of benzene rings is 2. The molecular weight excluding hydrogens is 400 g/mol. The number of aromatic amines is 1. The lowest BCUT2D eigenvalue weighted by Crippen LogP contribution is -2.14. The molecule has 1 N–H and O–H groups in total. The molecule has 3 aromatic rings. The van der Waals surface area contributed by atoms with Gasteiger partial charge in [-0.25, -0.2) is 0 Å². The average molecular weight is 419 g/mol. The van der Waals surface area contributed by atoms with Gasteiger partial charge in [-0.1, -0.05) is 18.2 Å². The van der Waals surface area contributed by atoms with Gasteiger partial charge >= 0.3 is 0 Å². The fourth-order valence-corrected chi connectivity index (χ4v) is 3.79. The van der Waals surface area contributed by atoms with Gasteiger partial charge < -0.3 is 14.5 Å². The molecule has 0 saturated carbocycles. The Morgan fingerprint density at radius 3 is 2.77 bits per heavy atom. The molecule has 1 aromatic heterocycles. The van der Waals surface area contributed by atoms with Crippen LogP contribution in [0.25, 0.3) is 10.9 Å². The first-order chi connectivity index (χ1) is 12.5. The standard InChI is InChI=1S/C19H19BrN2O4/c1-3-26-18-9-12(8-16(20)19(18)25-2)15(11-22(23)24)14-10-21-17-7-5-4-6-13(14)17/h4-10,15,21H,3,11H2,1-2H3/t15-/m1/s1. The van der Waals surface area contributed by atoms with Gasteiger partial charge in [-0.3, -0.25) is 10.1 Å². The number of hydrogen-bond acceptors (Lipinski definition) is 4. The number of rotatable bonds is 7. The van der Waals surface area contributed by atoms with Gasteiger partial charge in [-0.2, -0.15) is 0 Å². The highest BCUT2D eigenvalue weighted by molar-refractivity contribution is 9.10. The predicted octanol–water partition coefficient (Wildman–Crippen LogP) is 4.75. The quantitative estimate of drug-likeness (QED) is 0.443. The molecule has 0 saturated heterocycles. The molecule has 26 heavy (non-hydrogen) atoms. The fraction of sp³-hybridized carbons (Fsp3) is 0.263. The van der Waals surface area contributed by atoms with Crippen molar-refractivity contribution in [1.29, 1.82) is 0 Å². The fourth-order valence-electron chi connectivity index (χ4n) is 3.16. The highest BCUT2D eigenvalue weighted by Crippen LogP contribution is 2.41. The Morgan fingerprint density at radius 1 is 1.31 bits per heavy atom. The van der Waals surface area contributed by atoms with Crippen LogP contribution in [0.5, 0.6) is 11.5 Å². The van der Waals surface area contributed by atoms with Crippen LogP contribution in [0.2, 0.25) is 0 Å². The van der Waals surface area contributed by atoms with E-state index in [2.05, 4.69) is 20.9 Å². The number of nitrogens with one attached hydrogen (secondary N) is 1. The highest BCUT2D eigenvalue weighted by atomic mass is 79.9. The van der Waals surface area contributed by atoms with Crippen molar-refractivity contribution in [1.82, 2.24) is 4.98 Å². The number of fused-ring (bicyclic) bond motifs is 1. The average Bonchev–Trinajstić information content (AvgIpc) is 3.03. The summed E-state index contributed by atoms with van der Waals surface area (Å²) in [6, 6.07) is 11.5. The molecular formula is C19H19BrN2O4. The number of hydrogen-bond donors (Lipinski definition) is 1. The normalized spacial score (nSPS) is 12.1. The molecule has 0 amide bonds. The van der Waals surface area contributed by atoms with Crippen LogP contribution in [0.4, 0.5) is 0 Å². The minimum atomic E-state index is -0.414. The van der Waals surface area contributed by atoms with Crippen LogP contribution in [0, 0.1) is 10.1 Å². The van der Waals surface area contributed by atoms with Crippen LogP contribution in [-0.4, -0.2) is 30.2 Å². The molecule has 0 aliphatic carbocycles. The Morgan fingerprint density at radius 2 is 2.08 bits per heavy atom. The van der Waals surface area contributed by atoms with Gasteiger partial charge in [0.2, 0.25) is 6.54 Å².